The van der Waals surface area contributed by atoms with Crippen molar-refractivity contribution in [3.05, 3.63) is 35.9 Å². The van der Waals surface area contributed by atoms with Crippen LogP contribution in [0.2, 0.25) is 0 Å². The highest BCUT2D eigenvalue weighted by atomic mass is 17.1. The standard InChI is InChI=1S/C9H12.C3H8O3/c1-8(2)9-6-4-3-5-7-9;1-3(2,4)6-5/h3-8H,1-2H3;4-5H,1-2H3. The van der Waals surface area contributed by atoms with Crippen molar-refractivity contribution in [1.29, 1.82) is 0 Å². The van der Waals surface area contributed by atoms with Gasteiger partial charge >= 0.3 is 0 Å². The molecule has 0 atom stereocenters. The Morgan fingerprint density at radius 1 is 1.13 bits per heavy atom. The predicted molar refractivity (Wildman–Crippen MR) is 60.5 cm³/mol. The van der Waals surface area contributed by atoms with Gasteiger partial charge in [0.25, 0.3) is 0 Å². The molecule has 0 spiro atoms. The van der Waals surface area contributed by atoms with Crippen LogP contribution in [-0.4, -0.2) is 16.2 Å². The van der Waals surface area contributed by atoms with Gasteiger partial charge in [-0.2, -0.15) is 0 Å². The van der Waals surface area contributed by atoms with E-state index in [1.807, 2.05) is 6.07 Å². The summed E-state index contributed by atoms with van der Waals surface area (Å²) in [6, 6.07) is 10.5. The molecule has 15 heavy (non-hydrogen) atoms. The van der Waals surface area contributed by atoms with Gasteiger partial charge in [-0.1, -0.05) is 44.2 Å². The predicted octanol–water partition coefficient (Wildman–Crippen LogP) is 3.01. The van der Waals surface area contributed by atoms with E-state index in [1.165, 1.54) is 19.4 Å². The van der Waals surface area contributed by atoms with Crippen LogP contribution in [0, 0.1) is 0 Å². The minimum atomic E-state index is -1.40. The maximum Gasteiger partial charge on any atom is 0.193 e. The molecule has 0 heterocycles. The van der Waals surface area contributed by atoms with Crippen LogP contribution in [0.1, 0.15) is 39.2 Å². The zero-order valence-electron chi connectivity index (χ0n) is 9.77. The Bertz CT molecular complexity index is 249. The van der Waals surface area contributed by atoms with Crippen LogP contribution in [0.4, 0.5) is 0 Å². The van der Waals surface area contributed by atoms with Crippen molar-refractivity contribution in [2.75, 3.05) is 0 Å². The molecule has 0 aromatic heterocycles. The van der Waals surface area contributed by atoms with Gasteiger partial charge in [0.05, 0.1) is 0 Å². The first kappa shape index (κ1) is 14.1. The van der Waals surface area contributed by atoms with Gasteiger partial charge in [-0.3, -0.25) is 0 Å². The SMILES string of the molecule is CC(C)(O)OO.CC(C)c1ccccc1. The van der Waals surface area contributed by atoms with Gasteiger partial charge in [-0.25, -0.2) is 10.1 Å². The molecular formula is C12H20O3. The molecule has 0 unspecified atom stereocenters. The van der Waals surface area contributed by atoms with E-state index in [-0.39, 0.29) is 0 Å². The van der Waals surface area contributed by atoms with E-state index < -0.39 is 5.79 Å². The largest absolute Gasteiger partial charge is 0.364 e. The van der Waals surface area contributed by atoms with Crippen molar-refractivity contribution in [3.8, 4) is 0 Å². The lowest BCUT2D eigenvalue weighted by atomic mass is 10.0. The second-order valence-corrected chi connectivity index (χ2v) is 4.10. The smallest absolute Gasteiger partial charge is 0.193 e. The Balaban J connectivity index is 0.000000288. The van der Waals surface area contributed by atoms with Crippen LogP contribution >= 0.6 is 0 Å². The lowest BCUT2D eigenvalue weighted by molar-refractivity contribution is -0.378. The molecule has 0 aliphatic carbocycles. The highest BCUT2D eigenvalue weighted by molar-refractivity contribution is 5.17. The summed E-state index contributed by atoms with van der Waals surface area (Å²) in [6.07, 6.45) is 0. The average molecular weight is 212 g/mol. The molecule has 0 fully saturated rings. The van der Waals surface area contributed by atoms with Crippen LogP contribution in [-0.2, 0) is 4.89 Å². The summed E-state index contributed by atoms with van der Waals surface area (Å²) >= 11 is 0. The second kappa shape index (κ2) is 6.56. The van der Waals surface area contributed by atoms with E-state index in [9.17, 15) is 0 Å². The van der Waals surface area contributed by atoms with E-state index in [2.05, 4.69) is 43.0 Å². The zero-order valence-corrected chi connectivity index (χ0v) is 9.77. The Morgan fingerprint density at radius 2 is 1.53 bits per heavy atom. The number of hydrogen-bond acceptors (Lipinski definition) is 3. The molecular weight excluding hydrogens is 192 g/mol. The first-order chi connectivity index (χ1) is 6.87. The van der Waals surface area contributed by atoms with Gasteiger partial charge in [-0.05, 0) is 25.3 Å². The number of rotatable bonds is 2. The van der Waals surface area contributed by atoms with Crippen molar-refractivity contribution in [2.45, 2.75) is 39.4 Å². The monoisotopic (exact) mass is 212 g/mol. The number of hydrogen-bond donors (Lipinski definition) is 2. The van der Waals surface area contributed by atoms with E-state index in [4.69, 9.17) is 10.4 Å². The van der Waals surface area contributed by atoms with E-state index >= 15 is 0 Å². The molecule has 1 aromatic rings. The van der Waals surface area contributed by atoms with Gasteiger partial charge in [0.1, 0.15) is 0 Å². The summed E-state index contributed by atoms with van der Waals surface area (Å²) < 4.78 is 0. The molecule has 1 aromatic carbocycles. The Morgan fingerprint density at radius 3 is 1.73 bits per heavy atom. The third kappa shape index (κ3) is 8.12. The molecule has 0 saturated carbocycles. The average Bonchev–Trinajstić information content (AvgIpc) is 2.19. The lowest BCUT2D eigenvalue weighted by Crippen LogP contribution is -2.20. The number of benzene rings is 1. The summed E-state index contributed by atoms with van der Waals surface area (Å²) in [7, 11) is 0. The third-order valence-corrected chi connectivity index (χ3v) is 1.69. The molecule has 3 nitrogen and oxygen atoms in total. The zero-order chi connectivity index (χ0) is 11.9. The Labute approximate surface area is 91.3 Å². The molecule has 0 bridgehead atoms. The fourth-order valence-corrected chi connectivity index (χ4v) is 0.838. The quantitative estimate of drug-likeness (QED) is 0.450. The van der Waals surface area contributed by atoms with Gasteiger partial charge < -0.3 is 5.11 Å². The van der Waals surface area contributed by atoms with Gasteiger partial charge in [0.15, 0.2) is 5.79 Å². The molecule has 3 heteroatoms. The van der Waals surface area contributed by atoms with E-state index in [0.29, 0.717) is 5.92 Å². The van der Waals surface area contributed by atoms with Crippen LogP contribution in [0.5, 0.6) is 0 Å². The molecule has 2 N–H and O–H groups in total. The molecule has 0 saturated heterocycles. The summed E-state index contributed by atoms with van der Waals surface area (Å²) in [5, 5.41) is 16.0. The summed E-state index contributed by atoms with van der Waals surface area (Å²) in [6.45, 7) is 7.06. The molecule has 0 aliphatic heterocycles. The molecule has 0 aliphatic rings. The minimum Gasteiger partial charge on any atom is -0.364 e. The highest BCUT2D eigenvalue weighted by Gasteiger charge is 2.09. The maximum absolute atomic E-state index is 8.35. The minimum absolute atomic E-state index is 0.659. The fraction of sp³-hybridized carbons (Fsp3) is 0.500. The first-order valence-electron chi connectivity index (χ1n) is 4.96. The van der Waals surface area contributed by atoms with Crippen molar-refractivity contribution < 1.29 is 15.3 Å². The van der Waals surface area contributed by atoms with E-state index in [1.54, 1.807) is 0 Å². The Hall–Kier alpha value is -0.900. The van der Waals surface area contributed by atoms with Crippen LogP contribution in [0.25, 0.3) is 0 Å². The molecule has 0 amide bonds. The summed E-state index contributed by atoms with van der Waals surface area (Å²) in [5.74, 6) is -0.744. The highest BCUT2D eigenvalue weighted by Crippen LogP contribution is 2.11. The van der Waals surface area contributed by atoms with Crippen LogP contribution in [0.15, 0.2) is 30.3 Å². The normalized spacial score (nSPS) is 10.9. The molecule has 1 rings (SSSR count). The van der Waals surface area contributed by atoms with Crippen LogP contribution < -0.4 is 0 Å². The Kier molecular flexibility index (Phi) is 6.17. The molecule has 86 valence electrons. The lowest BCUT2D eigenvalue weighted by Gasteiger charge is -2.09. The van der Waals surface area contributed by atoms with Crippen molar-refractivity contribution >= 4 is 0 Å². The maximum atomic E-state index is 8.35. The van der Waals surface area contributed by atoms with Crippen molar-refractivity contribution in [2.24, 2.45) is 0 Å². The third-order valence-electron chi connectivity index (χ3n) is 1.69. The fourth-order valence-electron chi connectivity index (χ4n) is 0.838. The topological polar surface area (TPSA) is 49.7 Å². The van der Waals surface area contributed by atoms with Gasteiger partial charge in [0.2, 0.25) is 0 Å². The number of aliphatic hydroxyl groups is 1. The summed E-state index contributed by atoms with van der Waals surface area (Å²) in [4.78, 5) is 3.49. The van der Waals surface area contributed by atoms with Crippen molar-refractivity contribution in [1.82, 2.24) is 0 Å². The van der Waals surface area contributed by atoms with Gasteiger partial charge in [0, 0.05) is 0 Å². The first-order valence-corrected chi connectivity index (χ1v) is 4.96. The summed E-state index contributed by atoms with van der Waals surface area (Å²) in [5.41, 5.74) is 1.41. The van der Waals surface area contributed by atoms with Crippen LogP contribution in [0.3, 0.4) is 0 Å². The van der Waals surface area contributed by atoms with Gasteiger partial charge in [-0.15, -0.1) is 0 Å². The second-order valence-electron chi connectivity index (χ2n) is 4.10. The molecule has 0 radical (unpaired) electrons. The van der Waals surface area contributed by atoms with Crippen molar-refractivity contribution in [3.63, 3.8) is 0 Å². The van der Waals surface area contributed by atoms with E-state index in [0.717, 1.165) is 0 Å².